The van der Waals surface area contributed by atoms with Gasteiger partial charge in [-0.15, -0.1) is 0 Å². The fraction of sp³-hybridized carbons (Fsp3) is 0.450. The molecule has 1 N–H and O–H groups in total. The molecule has 1 aromatic carbocycles. The van der Waals surface area contributed by atoms with Gasteiger partial charge >= 0.3 is 18.4 Å². The Labute approximate surface area is 177 Å². The maximum absolute atomic E-state index is 12.7. The molecule has 0 saturated carbocycles. The Morgan fingerprint density at radius 2 is 2.00 bits per heavy atom. The molecule has 1 unspecified atom stereocenters. The van der Waals surface area contributed by atoms with Crippen LogP contribution in [0.4, 0.5) is 34.1 Å². The van der Waals surface area contributed by atoms with Crippen LogP contribution in [0.1, 0.15) is 20.8 Å². The number of amides is 2. The van der Waals surface area contributed by atoms with Crippen LogP contribution in [0.3, 0.4) is 0 Å². The van der Waals surface area contributed by atoms with Gasteiger partial charge in [0.2, 0.25) is 0 Å². The van der Waals surface area contributed by atoms with E-state index in [0.717, 1.165) is 4.68 Å². The first-order valence-electron chi connectivity index (χ1n) is 9.63. The quantitative estimate of drug-likeness (QED) is 0.710. The van der Waals surface area contributed by atoms with Crippen LogP contribution in [-0.2, 0) is 11.3 Å². The van der Waals surface area contributed by atoms with Crippen LogP contribution < -0.4 is 9.38 Å². The molecule has 8 nitrogen and oxygen atoms in total. The van der Waals surface area contributed by atoms with Crippen molar-refractivity contribution in [2.24, 2.45) is 0 Å². The van der Waals surface area contributed by atoms with Crippen LogP contribution in [0.25, 0.3) is 11.1 Å². The summed E-state index contributed by atoms with van der Waals surface area (Å²) < 4.78 is 43.2. The number of aromatic nitrogens is 2. The van der Waals surface area contributed by atoms with Crippen LogP contribution in [0.5, 0.6) is 0 Å². The summed E-state index contributed by atoms with van der Waals surface area (Å²) >= 11 is 0. The maximum atomic E-state index is 12.7. The lowest BCUT2D eigenvalue weighted by atomic mass is 9.99. The van der Waals surface area contributed by atoms with Gasteiger partial charge in [0.05, 0.1) is 25.4 Å². The molecule has 1 aromatic heterocycles. The van der Waals surface area contributed by atoms with Crippen molar-refractivity contribution in [1.82, 2.24) is 14.3 Å². The van der Waals surface area contributed by atoms with Crippen LogP contribution >= 0.6 is 0 Å². The number of rotatable bonds is 3. The number of nitrogens with zero attached hydrogens (tertiary/aromatic N) is 4. The van der Waals surface area contributed by atoms with Gasteiger partial charge in [0, 0.05) is 17.8 Å². The van der Waals surface area contributed by atoms with E-state index >= 15 is 0 Å². The number of ether oxygens (including phenoxy) is 1. The molecule has 2 heterocycles. The zero-order chi connectivity index (χ0) is 23.1. The number of carbonyl (C=O) groups is 2. The molecule has 0 bridgehead atoms. The largest absolute Gasteiger partial charge is 0.519 e. The summed E-state index contributed by atoms with van der Waals surface area (Å²) in [4.78, 5) is 26.3. The van der Waals surface area contributed by atoms with E-state index in [1.54, 1.807) is 39.0 Å². The number of methoxy groups -OCH3 is 1. The minimum Gasteiger partial charge on any atom is -0.452 e. The Balaban J connectivity index is 2.17. The molecule has 11 heteroatoms. The molecule has 1 aliphatic heterocycles. The molecule has 31 heavy (non-hydrogen) atoms. The van der Waals surface area contributed by atoms with Crippen LogP contribution in [0.15, 0.2) is 30.6 Å². The first-order chi connectivity index (χ1) is 14.4. The molecule has 0 fully saturated rings. The van der Waals surface area contributed by atoms with Crippen molar-refractivity contribution in [3.05, 3.63) is 30.6 Å². The van der Waals surface area contributed by atoms with Crippen molar-refractivity contribution in [2.45, 2.75) is 45.6 Å². The standard InChI is InChI=1S/C20H23F3N4O4/c1-12(2)27(19(29)30)10-13(3)26(18(28)31-4)16-6-5-14(7-17(16)27)15-8-24-25(9-15)11-20(21,22)23/h5-9,12-13H,10-11H2,1-4H3/p+1/t13-,27?/m0/s1. The minimum absolute atomic E-state index is 0.103. The second-order valence-electron chi connectivity index (χ2n) is 7.86. The fourth-order valence-electron chi connectivity index (χ4n) is 4.11. The Bertz CT molecular complexity index is 1000. The number of hydrogen-bond acceptors (Lipinski definition) is 4. The van der Waals surface area contributed by atoms with Crippen molar-refractivity contribution in [2.75, 3.05) is 18.6 Å². The van der Waals surface area contributed by atoms with Crippen molar-refractivity contribution >= 4 is 23.6 Å². The van der Waals surface area contributed by atoms with Crippen molar-refractivity contribution in [3.63, 3.8) is 0 Å². The SMILES string of the molecule is COC(=O)N1c2ccc(-c3cnn(CC(F)(F)F)c3)cc2[N+](C(=O)O)(C(C)C)C[C@@H]1C. The van der Waals surface area contributed by atoms with E-state index in [4.69, 9.17) is 4.74 Å². The highest BCUT2D eigenvalue weighted by atomic mass is 19.4. The topological polar surface area (TPSA) is 84.7 Å². The third-order valence-corrected chi connectivity index (χ3v) is 5.56. The lowest BCUT2D eigenvalue weighted by Crippen LogP contribution is -2.66. The summed E-state index contributed by atoms with van der Waals surface area (Å²) in [6.07, 6.45) is -3.57. The number of alkyl halides is 3. The van der Waals surface area contributed by atoms with Crippen molar-refractivity contribution in [3.8, 4) is 11.1 Å². The summed E-state index contributed by atoms with van der Waals surface area (Å²) in [6, 6.07) is 3.98. The zero-order valence-corrected chi connectivity index (χ0v) is 17.6. The number of benzene rings is 1. The van der Waals surface area contributed by atoms with Gasteiger partial charge < -0.3 is 9.84 Å². The van der Waals surface area contributed by atoms with E-state index in [-0.39, 0.29) is 12.6 Å². The van der Waals surface area contributed by atoms with Crippen LogP contribution in [0.2, 0.25) is 0 Å². The van der Waals surface area contributed by atoms with E-state index in [0.29, 0.717) is 22.5 Å². The zero-order valence-electron chi connectivity index (χ0n) is 17.6. The molecule has 2 amide bonds. The molecule has 0 spiro atoms. The third-order valence-electron chi connectivity index (χ3n) is 5.56. The molecule has 2 aromatic rings. The van der Waals surface area contributed by atoms with E-state index in [1.165, 1.54) is 24.4 Å². The molecule has 2 atom stereocenters. The monoisotopic (exact) mass is 441 g/mol. The second kappa shape index (κ2) is 7.88. The lowest BCUT2D eigenvalue weighted by Gasteiger charge is -2.46. The fourth-order valence-corrected chi connectivity index (χ4v) is 4.11. The van der Waals surface area contributed by atoms with Gasteiger partial charge in [-0.25, -0.2) is 4.79 Å². The highest BCUT2D eigenvalue weighted by Gasteiger charge is 2.52. The number of carboxylic acid groups (broad SMARTS) is 1. The lowest BCUT2D eigenvalue weighted by molar-refractivity contribution is -0.142. The molecule has 1 aliphatic rings. The number of hydrogen-bond donors (Lipinski definition) is 1. The van der Waals surface area contributed by atoms with Gasteiger partial charge in [-0.1, -0.05) is 6.07 Å². The van der Waals surface area contributed by atoms with Gasteiger partial charge in [-0.3, -0.25) is 9.58 Å². The smallest absolute Gasteiger partial charge is 0.452 e. The molecular formula is C20H24F3N4O4+. The third kappa shape index (κ3) is 3.97. The normalized spacial score (nSPS) is 21.2. The van der Waals surface area contributed by atoms with Crippen molar-refractivity contribution < 1.29 is 32.6 Å². The van der Waals surface area contributed by atoms with E-state index < -0.39 is 35.4 Å². The molecule has 0 saturated heterocycles. The van der Waals surface area contributed by atoms with Gasteiger partial charge in [0.1, 0.15) is 18.8 Å². The predicted octanol–water partition coefficient (Wildman–Crippen LogP) is 4.48. The molecule has 3 rings (SSSR count). The first kappa shape index (κ1) is 22.6. The highest BCUT2D eigenvalue weighted by molar-refractivity contribution is 5.99. The average molecular weight is 441 g/mol. The molecule has 0 aliphatic carbocycles. The number of halogens is 3. The van der Waals surface area contributed by atoms with Gasteiger partial charge in [-0.05, 0) is 32.4 Å². The van der Waals surface area contributed by atoms with E-state index in [2.05, 4.69) is 5.10 Å². The number of quaternary nitrogens is 1. The number of fused-ring (bicyclic) bond motifs is 1. The Hall–Kier alpha value is -3.08. The summed E-state index contributed by atoms with van der Waals surface area (Å²) in [5.74, 6) is 0. The van der Waals surface area contributed by atoms with Gasteiger partial charge in [0.25, 0.3) is 0 Å². The van der Waals surface area contributed by atoms with E-state index in [1.807, 2.05) is 0 Å². The first-order valence-corrected chi connectivity index (χ1v) is 9.63. The van der Waals surface area contributed by atoms with E-state index in [9.17, 15) is 27.9 Å². The maximum Gasteiger partial charge on any atom is 0.519 e. The van der Waals surface area contributed by atoms with Crippen molar-refractivity contribution in [1.29, 1.82) is 0 Å². The summed E-state index contributed by atoms with van der Waals surface area (Å²) in [5, 5.41) is 14.0. The molecule has 0 radical (unpaired) electrons. The molecule has 168 valence electrons. The Morgan fingerprint density at radius 1 is 1.32 bits per heavy atom. The Kier molecular flexibility index (Phi) is 5.74. The van der Waals surface area contributed by atoms with Gasteiger partial charge in [0.15, 0.2) is 5.69 Å². The average Bonchev–Trinajstić information content (AvgIpc) is 3.12. The van der Waals surface area contributed by atoms with Gasteiger partial charge in [-0.2, -0.15) is 27.5 Å². The summed E-state index contributed by atoms with van der Waals surface area (Å²) in [7, 11) is 1.24. The van der Waals surface area contributed by atoms with Crippen LogP contribution in [0, 0.1) is 0 Å². The Morgan fingerprint density at radius 3 is 2.55 bits per heavy atom. The minimum atomic E-state index is -4.41. The highest BCUT2D eigenvalue weighted by Crippen LogP contribution is 2.44. The number of anilines is 1. The summed E-state index contributed by atoms with van der Waals surface area (Å²) in [6.45, 7) is 4.16. The predicted molar refractivity (Wildman–Crippen MR) is 108 cm³/mol. The van der Waals surface area contributed by atoms with Crippen LogP contribution in [-0.4, -0.2) is 59.0 Å². The number of carbonyl (C=O) groups excluding carboxylic acids is 1. The summed E-state index contributed by atoms with van der Waals surface area (Å²) in [5.41, 5.74) is 1.64. The molecular weight excluding hydrogens is 417 g/mol. The second-order valence-corrected chi connectivity index (χ2v) is 7.86.